The highest BCUT2D eigenvalue weighted by Gasteiger charge is 2.30. The first-order valence-corrected chi connectivity index (χ1v) is 10.1. The zero-order valence-electron chi connectivity index (χ0n) is 14.3. The Morgan fingerprint density at radius 2 is 1.68 bits per heavy atom. The number of carbonyl (C=O) groups excluding carboxylic acids is 2. The summed E-state index contributed by atoms with van der Waals surface area (Å²) in [7, 11) is -3.58. The van der Waals surface area contributed by atoms with Gasteiger partial charge in [0.25, 0.3) is 0 Å². The highest BCUT2D eigenvalue weighted by molar-refractivity contribution is 7.89. The normalized spacial score (nSPS) is 19.5. The molecule has 0 spiro atoms. The maximum atomic E-state index is 12.8. The Balaban J connectivity index is 1.70. The molecule has 3 rings (SSSR count). The van der Waals surface area contributed by atoms with Crippen molar-refractivity contribution in [3.63, 3.8) is 0 Å². The Morgan fingerprint density at radius 3 is 2.20 bits per heavy atom. The summed E-state index contributed by atoms with van der Waals surface area (Å²) >= 11 is 0. The van der Waals surface area contributed by atoms with Crippen LogP contribution in [0, 0.1) is 0 Å². The SMILES string of the molecule is CCC(=O)N1CCN(S(=O)(=O)c2ccc(N3CCCC3=O)cc2)CC1. The number of carbonyl (C=O) groups is 2. The van der Waals surface area contributed by atoms with Crippen LogP contribution in [0.15, 0.2) is 29.2 Å². The number of amides is 2. The van der Waals surface area contributed by atoms with Crippen LogP contribution in [0.4, 0.5) is 5.69 Å². The standard InChI is InChI=1S/C17H23N3O4S/c1-2-16(21)18-10-12-19(13-11-18)25(23,24)15-7-5-14(6-8-15)20-9-3-4-17(20)22/h5-8H,2-4,9-13H2,1H3. The van der Waals surface area contributed by atoms with E-state index in [0.29, 0.717) is 45.6 Å². The molecule has 2 aliphatic rings. The van der Waals surface area contributed by atoms with Gasteiger partial charge in [0.1, 0.15) is 0 Å². The summed E-state index contributed by atoms with van der Waals surface area (Å²) in [4.78, 5) is 27.1. The fourth-order valence-electron chi connectivity index (χ4n) is 3.27. The first kappa shape index (κ1) is 17.9. The molecular formula is C17H23N3O4S. The maximum absolute atomic E-state index is 12.8. The van der Waals surface area contributed by atoms with Crippen molar-refractivity contribution in [2.75, 3.05) is 37.6 Å². The predicted molar refractivity (Wildman–Crippen MR) is 93.7 cm³/mol. The van der Waals surface area contributed by atoms with Crippen LogP contribution >= 0.6 is 0 Å². The molecule has 0 atom stereocenters. The van der Waals surface area contributed by atoms with Crippen LogP contribution in [0.2, 0.25) is 0 Å². The number of rotatable bonds is 4. The summed E-state index contributed by atoms with van der Waals surface area (Å²) in [6, 6.07) is 6.49. The van der Waals surface area contributed by atoms with Crippen LogP contribution in [0.3, 0.4) is 0 Å². The van der Waals surface area contributed by atoms with Crippen molar-refractivity contribution in [1.82, 2.24) is 9.21 Å². The lowest BCUT2D eigenvalue weighted by molar-refractivity contribution is -0.132. The minimum atomic E-state index is -3.58. The van der Waals surface area contributed by atoms with Crippen LogP contribution < -0.4 is 4.90 Å². The molecule has 2 aliphatic heterocycles. The molecule has 0 aromatic heterocycles. The molecule has 0 radical (unpaired) electrons. The van der Waals surface area contributed by atoms with Gasteiger partial charge in [-0.25, -0.2) is 8.42 Å². The molecule has 8 heteroatoms. The van der Waals surface area contributed by atoms with E-state index in [1.165, 1.54) is 4.31 Å². The van der Waals surface area contributed by atoms with Gasteiger partial charge >= 0.3 is 0 Å². The number of sulfonamides is 1. The van der Waals surface area contributed by atoms with E-state index in [0.717, 1.165) is 12.1 Å². The molecule has 1 aromatic rings. The van der Waals surface area contributed by atoms with Crippen LogP contribution in [0.1, 0.15) is 26.2 Å². The zero-order chi connectivity index (χ0) is 18.0. The molecule has 2 saturated heterocycles. The van der Waals surface area contributed by atoms with E-state index in [1.54, 1.807) is 41.0 Å². The highest BCUT2D eigenvalue weighted by Crippen LogP contribution is 2.25. The van der Waals surface area contributed by atoms with E-state index >= 15 is 0 Å². The molecule has 136 valence electrons. The van der Waals surface area contributed by atoms with Crippen molar-refractivity contribution in [3.05, 3.63) is 24.3 Å². The molecule has 7 nitrogen and oxygen atoms in total. The Labute approximate surface area is 148 Å². The van der Waals surface area contributed by atoms with Gasteiger partial charge in [0, 0.05) is 51.3 Å². The summed E-state index contributed by atoms with van der Waals surface area (Å²) in [5.41, 5.74) is 0.736. The molecule has 25 heavy (non-hydrogen) atoms. The minimum Gasteiger partial charge on any atom is -0.340 e. The number of nitrogens with zero attached hydrogens (tertiary/aromatic N) is 3. The zero-order valence-corrected chi connectivity index (χ0v) is 15.2. The van der Waals surface area contributed by atoms with Crippen LogP contribution in [0.5, 0.6) is 0 Å². The fraction of sp³-hybridized carbons (Fsp3) is 0.529. The number of anilines is 1. The quantitative estimate of drug-likeness (QED) is 0.799. The molecule has 0 saturated carbocycles. The summed E-state index contributed by atoms with van der Waals surface area (Å²) in [6.45, 7) is 3.94. The monoisotopic (exact) mass is 365 g/mol. The largest absolute Gasteiger partial charge is 0.340 e. The number of hydrogen-bond acceptors (Lipinski definition) is 4. The molecule has 0 aliphatic carbocycles. The van der Waals surface area contributed by atoms with Crippen LogP contribution in [-0.4, -0.2) is 62.2 Å². The molecule has 0 N–H and O–H groups in total. The van der Waals surface area contributed by atoms with Crippen molar-refractivity contribution in [1.29, 1.82) is 0 Å². The Morgan fingerprint density at radius 1 is 1.04 bits per heavy atom. The second kappa shape index (κ2) is 7.13. The van der Waals surface area contributed by atoms with Crippen molar-refractivity contribution < 1.29 is 18.0 Å². The van der Waals surface area contributed by atoms with Gasteiger partial charge in [-0.15, -0.1) is 0 Å². The Kier molecular flexibility index (Phi) is 5.10. The van der Waals surface area contributed by atoms with Gasteiger partial charge in [-0.3, -0.25) is 9.59 Å². The lowest BCUT2D eigenvalue weighted by Crippen LogP contribution is -2.50. The lowest BCUT2D eigenvalue weighted by Gasteiger charge is -2.34. The third-order valence-electron chi connectivity index (χ3n) is 4.75. The van der Waals surface area contributed by atoms with E-state index in [2.05, 4.69) is 0 Å². The van der Waals surface area contributed by atoms with E-state index in [-0.39, 0.29) is 16.7 Å². The number of benzene rings is 1. The van der Waals surface area contributed by atoms with Gasteiger partial charge in [0.05, 0.1) is 4.90 Å². The van der Waals surface area contributed by atoms with E-state index in [9.17, 15) is 18.0 Å². The van der Waals surface area contributed by atoms with Crippen molar-refractivity contribution >= 4 is 27.5 Å². The maximum Gasteiger partial charge on any atom is 0.243 e. The van der Waals surface area contributed by atoms with Gasteiger partial charge in [-0.1, -0.05) is 6.92 Å². The lowest BCUT2D eigenvalue weighted by atomic mass is 10.3. The van der Waals surface area contributed by atoms with Crippen molar-refractivity contribution in [2.24, 2.45) is 0 Å². The van der Waals surface area contributed by atoms with Gasteiger partial charge in [0.15, 0.2) is 0 Å². The highest BCUT2D eigenvalue weighted by atomic mass is 32.2. The average molecular weight is 365 g/mol. The molecule has 2 fully saturated rings. The van der Waals surface area contributed by atoms with Crippen molar-refractivity contribution in [2.45, 2.75) is 31.1 Å². The smallest absolute Gasteiger partial charge is 0.243 e. The molecule has 2 heterocycles. The predicted octanol–water partition coefficient (Wildman–Crippen LogP) is 1.06. The average Bonchev–Trinajstić information content (AvgIpc) is 3.07. The topological polar surface area (TPSA) is 78.0 Å². The second-order valence-electron chi connectivity index (χ2n) is 6.28. The Bertz CT molecular complexity index is 753. The minimum absolute atomic E-state index is 0.0525. The first-order valence-electron chi connectivity index (χ1n) is 8.62. The molecule has 0 unspecified atom stereocenters. The Hall–Kier alpha value is -1.93. The fourth-order valence-corrected chi connectivity index (χ4v) is 4.69. The summed E-state index contributed by atoms with van der Waals surface area (Å²) in [5, 5.41) is 0. The van der Waals surface area contributed by atoms with Crippen LogP contribution in [0.25, 0.3) is 0 Å². The molecule has 1 aromatic carbocycles. The van der Waals surface area contributed by atoms with Gasteiger partial charge in [-0.2, -0.15) is 4.31 Å². The third-order valence-corrected chi connectivity index (χ3v) is 6.67. The van der Waals surface area contributed by atoms with E-state index in [4.69, 9.17) is 0 Å². The molecular weight excluding hydrogens is 342 g/mol. The second-order valence-corrected chi connectivity index (χ2v) is 8.22. The van der Waals surface area contributed by atoms with E-state index in [1.807, 2.05) is 0 Å². The summed E-state index contributed by atoms with van der Waals surface area (Å²) < 4.78 is 27.0. The third kappa shape index (κ3) is 3.55. The number of hydrogen-bond donors (Lipinski definition) is 0. The number of piperazine rings is 1. The molecule has 2 amide bonds. The summed E-state index contributed by atoms with van der Waals surface area (Å²) in [6.07, 6.45) is 1.81. The molecule has 0 bridgehead atoms. The van der Waals surface area contributed by atoms with Gasteiger partial charge < -0.3 is 9.80 Å². The van der Waals surface area contributed by atoms with Crippen molar-refractivity contribution in [3.8, 4) is 0 Å². The first-order chi connectivity index (χ1) is 11.9. The van der Waals surface area contributed by atoms with E-state index < -0.39 is 10.0 Å². The van der Waals surface area contributed by atoms with Crippen LogP contribution in [-0.2, 0) is 19.6 Å². The van der Waals surface area contributed by atoms with Gasteiger partial charge in [-0.05, 0) is 30.7 Å². The van der Waals surface area contributed by atoms with Gasteiger partial charge in [0.2, 0.25) is 21.8 Å². The summed E-state index contributed by atoms with van der Waals surface area (Å²) in [5.74, 6) is 0.129.